The number of hydrogen-bond donors (Lipinski definition) is 5. The lowest BCUT2D eigenvalue weighted by atomic mass is 9.93. The third kappa shape index (κ3) is 12.4. The minimum absolute atomic E-state index is 0.0990. The molecule has 1 aliphatic rings. The Labute approximate surface area is 211 Å². The molecule has 9 heteroatoms. The van der Waals surface area contributed by atoms with E-state index in [-0.39, 0.29) is 36.7 Å². The molecule has 6 N–H and O–H groups in total. The number of nitrogens with one attached hydrogen (secondary N) is 4. The lowest BCUT2D eigenvalue weighted by molar-refractivity contribution is -0.133. The molecule has 0 aliphatic carbocycles. The molecule has 1 heterocycles. The van der Waals surface area contributed by atoms with Gasteiger partial charge in [-0.05, 0) is 37.6 Å². The topological polar surface area (TPSA) is 142 Å². The second-order valence-electron chi connectivity index (χ2n) is 10.2. The summed E-state index contributed by atoms with van der Waals surface area (Å²) in [4.78, 5) is 50.9. The first-order valence-electron chi connectivity index (χ1n) is 13.6. The molecule has 9 nitrogen and oxygen atoms in total. The van der Waals surface area contributed by atoms with E-state index in [4.69, 9.17) is 5.73 Å². The maximum atomic E-state index is 13.1. The molecule has 0 saturated carbocycles. The van der Waals surface area contributed by atoms with Crippen LogP contribution in [0.4, 0.5) is 0 Å². The van der Waals surface area contributed by atoms with Gasteiger partial charge in [-0.25, -0.2) is 0 Å². The molecule has 4 unspecified atom stereocenters. The third-order valence-corrected chi connectivity index (χ3v) is 6.76. The number of nitrogens with two attached hydrogens (primary N) is 1. The predicted molar refractivity (Wildman–Crippen MR) is 138 cm³/mol. The Morgan fingerprint density at radius 1 is 0.857 bits per heavy atom. The van der Waals surface area contributed by atoms with Crippen LogP contribution < -0.4 is 27.0 Å². The summed E-state index contributed by atoms with van der Waals surface area (Å²) < 4.78 is 0. The lowest BCUT2D eigenvalue weighted by Crippen LogP contribution is -2.56. The molecule has 1 rings (SSSR count). The fraction of sp³-hybridized carbons (Fsp3) is 0.846. The van der Waals surface area contributed by atoms with Gasteiger partial charge in [0.1, 0.15) is 12.1 Å². The lowest BCUT2D eigenvalue weighted by Gasteiger charge is -2.27. The number of carbonyl (C=O) groups is 4. The molecule has 1 fully saturated rings. The molecule has 202 valence electrons. The van der Waals surface area contributed by atoms with Crippen molar-refractivity contribution in [2.75, 3.05) is 13.1 Å². The van der Waals surface area contributed by atoms with E-state index in [1.54, 1.807) is 0 Å². The molecule has 1 saturated heterocycles. The molecule has 1 aliphatic heterocycles. The van der Waals surface area contributed by atoms with Crippen LogP contribution in [0.3, 0.4) is 0 Å². The molecule has 0 aromatic rings. The van der Waals surface area contributed by atoms with Gasteiger partial charge in [0.2, 0.25) is 23.6 Å². The van der Waals surface area contributed by atoms with Crippen molar-refractivity contribution < 1.29 is 19.2 Å². The Morgan fingerprint density at radius 2 is 1.60 bits per heavy atom. The Morgan fingerprint density at radius 3 is 2.23 bits per heavy atom. The highest BCUT2D eigenvalue weighted by molar-refractivity contribution is 5.94. The van der Waals surface area contributed by atoms with Crippen molar-refractivity contribution in [3.63, 3.8) is 0 Å². The summed E-state index contributed by atoms with van der Waals surface area (Å²) in [6, 6.07) is -1.92. The molecule has 35 heavy (non-hydrogen) atoms. The van der Waals surface area contributed by atoms with Crippen molar-refractivity contribution in [2.24, 2.45) is 17.6 Å². The van der Waals surface area contributed by atoms with Crippen LogP contribution in [0.2, 0.25) is 0 Å². The van der Waals surface area contributed by atoms with Crippen molar-refractivity contribution >= 4 is 23.6 Å². The summed E-state index contributed by atoms with van der Waals surface area (Å²) in [7, 11) is 0. The van der Waals surface area contributed by atoms with E-state index in [9.17, 15) is 19.2 Å². The third-order valence-electron chi connectivity index (χ3n) is 6.76. The highest BCUT2D eigenvalue weighted by Crippen LogP contribution is 2.20. The maximum absolute atomic E-state index is 13.1. The fourth-order valence-corrected chi connectivity index (χ4v) is 4.58. The van der Waals surface area contributed by atoms with Crippen LogP contribution in [0.25, 0.3) is 0 Å². The van der Waals surface area contributed by atoms with Gasteiger partial charge in [0.15, 0.2) is 0 Å². The van der Waals surface area contributed by atoms with Crippen LogP contribution in [-0.4, -0.2) is 54.8 Å². The van der Waals surface area contributed by atoms with Crippen LogP contribution in [0.5, 0.6) is 0 Å². The van der Waals surface area contributed by atoms with Gasteiger partial charge in [-0.1, -0.05) is 72.6 Å². The van der Waals surface area contributed by atoms with Crippen LogP contribution in [0, 0.1) is 11.8 Å². The second-order valence-corrected chi connectivity index (χ2v) is 10.2. The van der Waals surface area contributed by atoms with E-state index in [1.807, 2.05) is 13.8 Å². The van der Waals surface area contributed by atoms with Crippen LogP contribution in [0.1, 0.15) is 98.3 Å². The van der Waals surface area contributed by atoms with Gasteiger partial charge in [-0.15, -0.1) is 0 Å². The number of hydrogen-bond acceptors (Lipinski definition) is 5. The van der Waals surface area contributed by atoms with Gasteiger partial charge >= 0.3 is 0 Å². The number of amides is 4. The molecule has 0 spiro atoms. The van der Waals surface area contributed by atoms with E-state index >= 15 is 0 Å². The summed E-state index contributed by atoms with van der Waals surface area (Å²) >= 11 is 0. The highest BCUT2D eigenvalue weighted by Gasteiger charge is 2.30. The highest BCUT2D eigenvalue weighted by atomic mass is 16.2. The summed E-state index contributed by atoms with van der Waals surface area (Å²) in [5, 5.41) is 11.1. The Bertz CT molecular complexity index is 670. The van der Waals surface area contributed by atoms with Crippen molar-refractivity contribution in [3.8, 4) is 0 Å². The molecular formula is C26H49N5O4. The molecular weight excluding hydrogens is 446 g/mol. The summed E-state index contributed by atoms with van der Waals surface area (Å²) in [5.41, 5.74) is 5.58. The van der Waals surface area contributed by atoms with E-state index in [0.29, 0.717) is 25.8 Å². The summed E-state index contributed by atoms with van der Waals surface area (Å²) in [5.74, 6) is -0.842. The molecule has 0 aromatic carbocycles. The number of unbranched alkanes of at least 4 members (excludes halogenated alkanes) is 2. The standard InChI is InChI=1S/C26H49N5O4/c1-5-11-19(6-2)12-8-7-9-13-20-16-22(32)28-17-23(33)30-21(14-10-15-27)25(34)31-24(18(3)4)26(35)29-20/h18-21,24H,5-17,27H2,1-4H3,(H,28,32)(H,29,35)(H,30,33)(H,31,34). The number of rotatable bonds is 13. The van der Waals surface area contributed by atoms with Gasteiger partial charge in [0, 0.05) is 12.5 Å². The van der Waals surface area contributed by atoms with Gasteiger partial charge in [0.25, 0.3) is 0 Å². The van der Waals surface area contributed by atoms with Crippen molar-refractivity contribution in [1.29, 1.82) is 0 Å². The van der Waals surface area contributed by atoms with E-state index < -0.39 is 23.9 Å². The molecule has 4 atom stereocenters. The molecule has 0 aromatic heterocycles. The molecule has 4 amide bonds. The average Bonchev–Trinajstić information content (AvgIpc) is 2.82. The van der Waals surface area contributed by atoms with Gasteiger partial charge in [-0.2, -0.15) is 0 Å². The fourth-order valence-electron chi connectivity index (χ4n) is 4.58. The smallest absolute Gasteiger partial charge is 0.243 e. The van der Waals surface area contributed by atoms with E-state index in [1.165, 1.54) is 25.7 Å². The second kappa shape index (κ2) is 17.3. The van der Waals surface area contributed by atoms with Gasteiger partial charge in [-0.3, -0.25) is 19.2 Å². The monoisotopic (exact) mass is 495 g/mol. The first kappa shape index (κ1) is 30.9. The summed E-state index contributed by atoms with van der Waals surface area (Å²) in [6.45, 7) is 8.35. The van der Waals surface area contributed by atoms with E-state index in [0.717, 1.165) is 25.2 Å². The van der Waals surface area contributed by atoms with E-state index in [2.05, 4.69) is 35.1 Å². The zero-order valence-electron chi connectivity index (χ0n) is 22.3. The van der Waals surface area contributed by atoms with Gasteiger partial charge in [0.05, 0.1) is 6.54 Å². The van der Waals surface area contributed by atoms with Gasteiger partial charge < -0.3 is 27.0 Å². The van der Waals surface area contributed by atoms with Crippen LogP contribution in [0.15, 0.2) is 0 Å². The predicted octanol–water partition coefficient (Wildman–Crippen LogP) is 2.13. The zero-order chi connectivity index (χ0) is 26.2. The first-order valence-corrected chi connectivity index (χ1v) is 13.6. The quantitative estimate of drug-likeness (QED) is 0.249. The average molecular weight is 496 g/mol. The normalized spacial score (nSPS) is 23.3. The van der Waals surface area contributed by atoms with Crippen molar-refractivity contribution in [3.05, 3.63) is 0 Å². The zero-order valence-corrected chi connectivity index (χ0v) is 22.3. The van der Waals surface area contributed by atoms with Crippen LogP contribution in [-0.2, 0) is 19.2 Å². The number of carbonyl (C=O) groups excluding carboxylic acids is 4. The largest absolute Gasteiger partial charge is 0.351 e. The first-order chi connectivity index (χ1) is 16.7. The Balaban J connectivity index is 2.86. The van der Waals surface area contributed by atoms with Crippen LogP contribution >= 0.6 is 0 Å². The van der Waals surface area contributed by atoms with Crippen molar-refractivity contribution in [1.82, 2.24) is 21.3 Å². The minimum Gasteiger partial charge on any atom is -0.351 e. The minimum atomic E-state index is -0.812. The SMILES string of the molecule is CCCC(CC)CCCCCC1CC(=O)NCC(=O)NC(CCCN)C(=O)NC(C(C)C)C(=O)N1. The van der Waals surface area contributed by atoms with Crippen molar-refractivity contribution in [2.45, 2.75) is 116 Å². The maximum Gasteiger partial charge on any atom is 0.243 e. The Kier molecular flexibility index (Phi) is 15.3. The molecule has 0 bridgehead atoms. The molecule has 0 radical (unpaired) electrons. The Hall–Kier alpha value is -2.16. The summed E-state index contributed by atoms with van der Waals surface area (Å²) in [6.07, 6.45) is 9.65.